The number of benzene rings is 1. The number of rotatable bonds is 11. The summed E-state index contributed by atoms with van der Waals surface area (Å²) in [4.78, 5) is 9.28. The van der Waals surface area contributed by atoms with Crippen LogP contribution in [0.4, 0.5) is 0 Å². The van der Waals surface area contributed by atoms with Crippen LogP contribution in [0.25, 0.3) is 0 Å². The van der Waals surface area contributed by atoms with Crippen molar-refractivity contribution in [1.82, 2.24) is 20.4 Å². The molecular formula is C21H37N5O2. The highest BCUT2D eigenvalue weighted by atomic mass is 16.5. The van der Waals surface area contributed by atoms with E-state index >= 15 is 0 Å². The number of likely N-dealkylation sites (N-methyl/N-ethyl adjacent to an activating group) is 1. The number of nitrogens with one attached hydrogen (secondary N) is 2. The van der Waals surface area contributed by atoms with Gasteiger partial charge in [-0.15, -0.1) is 0 Å². The summed E-state index contributed by atoms with van der Waals surface area (Å²) in [7, 11) is 4.09. The highest BCUT2D eigenvalue weighted by molar-refractivity contribution is 5.79. The van der Waals surface area contributed by atoms with Crippen molar-refractivity contribution in [3.8, 4) is 5.75 Å². The smallest absolute Gasteiger partial charge is 0.191 e. The van der Waals surface area contributed by atoms with Crippen LogP contribution in [0.1, 0.15) is 18.9 Å². The number of hydrogen-bond donors (Lipinski definition) is 2. The van der Waals surface area contributed by atoms with Gasteiger partial charge in [0.05, 0.1) is 19.8 Å². The summed E-state index contributed by atoms with van der Waals surface area (Å²) in [5.41, 5.74) is 1.15. The largest absolute Gasteiger partial charge is 0.492 e. The summed E-state index contributed by atoms with van der Waals surface area (Å²) in [6, 6.07) is 8.18. The van der Waals surface area contributed by atoms with Crippen LogP contribution >= 0.6 is 0 Å². The van der Waals surface area contributed by atoms with Crippen LogP contribution in [0.3, 0.4) is 0 Å². The molecule has 1 saturated heterocycles. The molecule has 1 aromatic carbocycles. The highest BCUT2D eigenvalue weighted by Gasteiger charge is 2.09. The molecule has 1 aromatic rings. The standard InChI is InChI=1S/C21H37N5O2/c1-4-22-21(23-9-6-10-26-12-14-27-15-13-26)24-18-19-7-5-8-20(17-19)28-16-11-25(2)3/h5,7-8,17H,4,6,9-16,18H2,1-3H3,(H2,22,23,24). The first kappa shape index (κ1) is 22.5. The Morgan fingerprint density at radius 1 is 1.25 bits per heavy atom. The molecule has 0 aromatic heterocycles. The zero-order chi connectivity index (χ0) is 20.0. The van der Waals surface area contributed by atoms with Crippen LogP contribution < -0.4 is 15.4 Å². The first-order chi connectivity index (χ1) is 13.7. The lowest BCUT2D eigenvalue weighted by atomic mass is 10.2. The van der Waals surface area contributed by atoms with Crippen molar-refractivity contribution in [2.45, 2.75) is 19.9 Å². The van der Waals surface area contributed by atoms with Gasteiger partial charge in [-0.3, -0.25) is 4.90 Å². The van der Waals surface area contributed by atoms with Gasteiger partial charge in [0.25, 0.3) is 0 Å². The molecule has 7 heteroatoms. The SMILES string of the molecule is CCNC(=NCc1cccc(OCCN(C)C)c1)NCCCN1CCOCC1. The van der Waals surface area contributed by atoms with Crippen LogP contribution in [0.15, 0.2) is 29.3 Å². The van der Waals surface area contributed by atoms with Gasteiger partial charge in [-0.2, -0.15) is 0 Å². The monoisotopic (exact) mass is 391 g/mol. The molecule has 0 saturated carbocycles. The molecule has 0 unspecified atom stereocenters. The second-order valence-corrected chi connectivity index (χ2v) is 7.23. The minimum atomic E-state index is 0.629. The Kier molecular flexibility index (Phi) is 10.7. The first-order valence-corrected chi connectivity index (χ1v) is 10.4. The van der Waals surface area contributed by atoms with Crippen molar-refractivity contribution >= 4 is 5.96 Å². The van der Waals surface area contributed by atoms with Crippen LogP contribution in [0.5, 0.6) is 5.75 Å². The summed E-state index contributed by atoms with van der Waals surface area (Å²) in [6.07, 6.45) is 1.10. The van der Waals surface area contributed by atoms with Gasteiger partial charge < -0.3 is 25.0 Å². The zero-order valence-corrected chi connectivity index (χ0v) is 17.7. The Hall–Kier alpha value is -1.83. The van der Waals surface area contributed by atoms with Gasteiger partial charge in [-0.1, -0.05) is 12.1 Å². The molecule has 0 amide bonds. The van der Waals surface area contributed by atoms with Gasteiger partial charge in [0.1, 0.15) is 12.4 Å². The number of morpholine rings is 1. The second kappa shape index (κ2) is 13.4. The van der Waals surface area contributed by atoms with Crippen molar-refractivity contribution < 1.29 is 9.47 Å². The molecule has 1 fully saturated rings. The molecule has 0 bridgehead atoms. The summed E-state index contributed by atoms with van der Waals surface area (Å²) in [5, 5.41) is 6.76. The lowest BCUT2D eigenvalue weighted by Crippen LogP contribution is -2.40. The molecule has 0 aliphatic carbocycles. The first-order valence-electron chi connectivity index (χ1n) is 10.4. The maximum Gasteiger partial charge on any atom is 0.191 e. The summed E-state index contributed by atoms with van der Waals surface area (Å²) in [5.74, 6) is 1.77. The van der Waals surface area contributed by atoms with E-state index in [4.69, 9.17) is 14.5 Å². The van der Waals surface area contributed by atoms with E-state index in [0.717, 1.165) is 76.2 Å². The maximum absolute atomic E-state index is 5.81. The normalized spacial score (nSPS) is 15.6. The third-order valence-electron chi connectivity index (χ3n) is 4.52. The highest BCUT2D eigenvalue weighted by Crippen LogP contribution is 2.14. The molecule has 1 aliphatic rings. The summed E-state index contributed by atoms with van der Waals surface area (Å²) in [6.45, 7) is 11.0. The van der Waals surface area contributed by atoms with Crippen molar-refractivity contribution in [3.05, 3.63) is 29.8 Å². The molecule has 0 atom stereocenters. The van der Waals surface area contributed by atoms with Gasteiger partial charge in [0.15, 0.2) is 5.96 Å². The Labute approximate surface area is 170 Å². The second-order valence-electron chi connectivity index (χ2n) is 7.23. The Balaban J connectivity index is 1.75. The van der Waals surface area contributed by atoms with E-state index in [9.17, 15) is 0 Å². The van der Waals surface area contributed by atoms with Gasteiger partial charge in [0.2, 0.25) is 0 Å². The van der Waals surface area contributed by atoms with E-state index in [1.54, 1.807) is 0 Å². The van der Waals surface area contributed by atoms with Crippen LogP contribution in [-0.4, -0.2) is 88.9 Å². The molecular weight excluding hydrogens is 354 g/mol. The van der Waals surface area contributed by atoms with Gasteiger partial charge in [-0.05, 0) is 51.7 Å². The van der Waals surface area contributed by atoms with Crippen LogP contribution in [0, 0.1) is 0 Å². The van der Waals surface area contributed by atoms with Crippen LogP contribution in [0.2, 0.25) is 0 Å². The van der Waals surface area contributed by atoms with Crippen molar-refractivity contribution in [1.29, 1.82) is 0 Å². The topological polar surface area (TPSA) is 61.4 Å². The van der Waals surface area contributed by atoms with Gasteiger partial charge in [-0.25, -0.2) is 4.99 Å². The van der Waals surface area contributed by atoms with E-state index in [0.29, 0.717) is 13.2 Å². The van der Waals surface area contributed by atoms with Crippen molar-refractivity contribution in [2.75, 3.05) is 73.2 Å². The van der Waals surface area contributed by atoms with E-state index in [-0.39, 0.29) is 0 Å². The molecule has 158 valence electrons. The molecule has 1 aliphatic heterocycles. The number of nitrogens with zero attached hydrogens (tertiary/aromatic N) is 3. The number of aliphatic imine (C=N–C) groups is 1. The number of guanidine groups is 1. The molecule has 2 N–H and O–H groups in total. The van der Waals surface area contributed by atoms with Crippen LogP contribution in [-0.2, 0) is 11.3 Å². The van der Waals surface area contributed by atoms with E-state index < -0.39 is 0 Å². The predicted molar refractivity (Wildman–Crippen MR) is 115 cm³/mol. The average Bonchev–Trinajstić information content (AvgIpc) is 2.70. The van der Waals surface area contributed by atoms with E-state index in [1.807, 2.05) is 26.2 Å². The Morgan fingerprint density at radius 3 is 2.82 bits per heavy atom. The maximum atomic E-state index is 5.81. The number of hydrogen-bond acceptors (Lipinski definition) is 5. The predicted octanol–water partition coefficient (Wildman–Crippen LogP) is 1.40. The van der Waals surface area contributed by atoms with Gasteiger partial charge in [0, 0.05) is 32.7 Å². The molecule has 2 rings (SSSR count). The molecule has 0 radical (unpaired) electrons. The number of ether oxygens (including phenoxy) is 2. The lowest BCUT2D eigenvalue weighted by Gasteiger charge is -2.26. The Morgan fingerprint density at radius 2 is 2.07 bits per heavy atom. The quantitative estimate of drug-likeness (QED) is 0.338. The van der Waals surface area contributed by atoms with E-state index in [2.05, 4.69) is 39.5 Å². The fourth-order valence-corrected chi connectivity index (χ4v) is 2.93. The zero-order valence-electron chi connectivity index (χ0n) is 17.7. The van der Waals surface area contributed by atoms with Gasteiger partial charge >= 0.3 is 0 Å². The Bertz CT molecular complexity index is 574. The lowest BCUT2D eigenvalue weighted by molar-refractivity contribution is 0.0376. The fraction of sp³-hybridized carbons (Fsp3) is 0.667. The minimum absolute atomic E-state index is 0.629. The van der Waals surface area contributed by atoms with E-state index in [1.165, 1.54) is 0 Å². The average molecular weight is 392 g/mol. The third-order valence-corrected chi connectivity index (χ3v) is 4.52. The third kappa shape index (κ3) is 9.39. The summed E-state index contributed by atoms with van der Waals surface area (Å²) < 4.78 is 11.2. The fourth-order valence-electron chi connectivity index (χ4n) is 2.93. The van der Waals surface area contributed by atoms with Crippen molar-refractivity contribution in [2.24, 2.45) is 4.99 Å². The molecule has 7 nitrogen and oxygen atoms in total. The molecule has 28 heavy (non-hydrogen) atoms. The molecule has 0 spiro atoms. The van der Waals surface area contributed by atoms with Crippen molar-refractivity contribution in [3.63, 3.8) is 0 Å². The molecule has 1 heterocycles. The summed E-state index contributed by atoms with van der Waals surface area (Å²) >= 11 is 0. The minimum Gasteiger partial charge on any atom is -0.492 e.